The summed E-state index contributed by atoms with van der Waals surface area (Å²) in [6.07, 6.45) is 2.55. The van der Waals surface area contributed by atoms with Gasteiger partial charge in [-0.25, -0.2) is 4.68 Å². The third kappa shape index (κ3) is 5.92. The van der Waals surface area contributed by atoms with E-state index in [-0.39, 0.29) is 24.5 Å². The monoisotopic (exact) mass is 511 g/mol. The molecule has 3 aromatic carbocycles. The van der Waals surface area contributed by atoms with Gasteiger partial charge in [0, 0.05) is 19.7 Å². The summed E-state index contributed by atoms with van der Waals surface area (Å²) in [5.74, 6) is -0.413. The Kier molecular flexibility index (Phi) is 8.09. The zero-order valence-corrected chi connectivity index (χ0v) is 21.6. The van der Waals surface area contributed by atoms with Crippen molar-refractivity contribution >= 4 is 22.8 Å². The van der Waals surface area contributed by atoms with Crippen LogP contribution in [-0.2, 0) is 27.3 Å². The summed E-state index contributed by atoms with van der Waals surface area (Å²) >= 11 is 0. The minimum atomic E-state index is -0.788. The number of hydrogen-bond acceptors (Lipinski definition) is 5. The van der Waals surface area contributed by atoms with Crippen LogP contribution in [0.2, 0.25) is 0 Å². The number of hydrogen-bond donors (Lipinski definition) is 1. The first kappa shape index (κ1) is 25.6. The molecule has 0 unspecified atom stereocenters. The van der Waals surface area contributed by atoms with Gasteiger partial charge < -0.3 is 15.0 Å². The fourth-order valence-corrected chi connectivity index (χ4v) is 5.01. The van der Waals surface area contributed by atoms with E-state index in [1.807, 2.05) is 66.7 Å². The molecule has 2 atom stereocenters. The zero-order chi connectivity index (χ0) is 26.3. The highest BCUT2D eigenvalue weighted by Gasteiger charge is 2.32. The van der Waals surface area contributed by atoms with Gasteiger partial charge in [-0.2, -0.15) is 0 Å². The van der Waals surface area contributed by atoms with Crippen molar-refractivity contribution in [3.63, 3.8) is 0 Å². The Labute approximate surface area is 222 Å². The van der Waals surface area contributed by atoms with Crippen LogP contribution < -0.4 is 5.32 Å². The molecule has 0 spiro atoms. The molecule has 2 heterocycles. The number of amides is 2. The maximum Gasteiger partial charge on any atom is 0.247 e. The van der Waals surface area contributed by atoms with E-state index in [0.717, 1.165) is 47.2 Å². The van der Waals surface area contributed by atoms with Gasteiger partial charge in [-0.3, -0.25) is 9.59 Å². The second-order valence-corrected chi connectivity index (χ2v) is 9.69. The van der Waals surface area contributed by atoms with Gasteiger partial charge in [0.1, 0.15) is 18.1 Å². The fourth-order valence-electron chi connectivity index (χ4n) is 5.01. The average Bonchev–Trinajstić information content (AvgIpc) is 3.61. The number of nitrogens with one attached hydrogen (secondary N) is 1. The van der Waals surface area contributed by atoms with Crippen LogP contribution >= 0.6 is 0 Å². The lowest BCUT2D eigenvalue weighted by Gasteiger charge is -2.32. The van der Waals surface area contributed by atoms with Gasteiger partial charge in [-0.15, -0.1) is 5.10 Å². The highest BCUT2D eigenvalue weighted by molar-refractivity contribution is 5.89. The lowest BCUT2D eigenvalue weighted by atomic mass is 10.0. The molecule has 0 aliphatic carbocycles. The van der Waals surface area contributed by atoms with Crippen molar-refractivity contribution in [1.82, 2.24) is 25.2 Å². The van der Waals surface area contributed by atoms with Crippen molar-refractivity contribution in [1.29, 1.82) is 0 Å². The number of aromatic nitrogens is 3. The number of fused-ring (bicyclic) bond motifs is 1. The average molecular weight is 512 g/mol. The molecule has 1 aliphatic heterocycles. The van der Waals surface area contributed by atoms with Crippen molar-refractivity contribution in [3.05, 3.63) is 95.6 Å². The van der Waals surface area contributed by atoms with Gasteiger partial charge in [-0.1, -0.05) is 71.9 Å². The molecule has 2 amide bonds. The van der Waals surface area contributed by atoms with Crippen LogP contribution in [0.4, 0.5) is 0 Å². The van der Waals surface area contributed by atoms with Gasteiger partial charge >= 0.3 is 0 Å². The molecule has 0 bridgehead atoms. The van der Waals surface area contributed by atoms with Crippen LogP contribution in [0.25, 0.3) is 11.0 Å². The third-order valence-electron chi connectivity index (χ3n) is 7.11. The van der Waals surface area contributed by atoms with E-state index >= 15 is 0 Å². The number of rotatable bonds is 10. The molecule has 1 N–H and O–H groups in total. The Morgan fingerprint density at radius 1 is 1.05 bits per heavy atom. The van der Waals surface area contributed by atoms with Gasteiger partial charge in [0.2, 0.25) is 11.8 Å². The Hall–Kier alpha value is -4.04. The van der Waals surface area contributed by atoms with E-state index in [0.29, 0.717) is 19.5 Å². The highest BCUT2D eigenvalue weighted by Crippen LogP contribution is 2.24. The van der Waals surface area contributed by atoms with Crippen molar-refractivity contribution in [2.24, 2.45) is 0 Å². The molecule has 1 saturated heterocycles. The second-order valence-electron chi connectivity index (χ2n) is 9.69. The van der Waals surface area contributed by atoms with Crippen LogP contribution in [0.1, 0.15) is 35.6 Å². The first-order chi connectivity index (χ1) is 18.6. The molecule has 8 nitrogen and oxygen atoms in total. The van der Waals surface area contributed by atoms with E-state index in [1.54, 1.807) is 9.58 Å². The number of carbonyl (C=O) groups excluding carboxylic acids is 2. The summed E-state index contributed by atoms with van der Waals surface area (Å²) in [6.45, 7) is 3.57. The maximum atomic E-state index is 14.0. The van der Waals surface area contributed by atoms with E-state index in [2.05, 4.69) is 34.7 Å². The van der Waals surface area contributed by atoms with E-state index in [1.165, 1.54) is 0 Å². The smallest absolute Gasteiger partial charge is 0.247 e. The van der Waals surface area contributed by atoms with Gasteiger partial charge in [-0.05, 0) is 55.0 Å². The molecular weight excluding hydrogens is 478 g/mol. The second kappa shape index (κ2) is 12.0. The normalized spacial score (nSPS) is 15.9. The van der Waals surface area contributed by atoms with Crippen LogP contribution in [0.3, 0.4) is 0 Å². The molecule has 0 radical (unpaired) electrons. The van der Waals surface area contributed by atoms with Crippen molar-refractivity contribution < 1.29 is 14.3 Å². The topological polar surface area (TPSA) is 89.4 Å². The SMILES string of the molecule is Cc1ccccc1CCN(C(=O)Cn1nnc2ccccc21)[C@@H](C(=O)NC[C@H]1CCCO1)c1ccccc1. The van der Waals surface area contributed by atoms with Gasteiger partial charge in [0.25, 0.3) is 0 Å². The zero-order valence-electron chi connectivity index (χ0n) is 21.6. The lowest BCUT2D eigenvalue weighted by molar-refractivity contribution is -0.141. The maximum absolute atomic E-state index is 14.0. The minimum Gasteiger partial charge on any atom is -0.376 e. The first-order valence-electron chi connectivity index (χ1n) is 13.2. The largest absolute Gasteiger partial charge is 0.376 e. The Morgan fingerprint density at radius 3 is 2.61 bits per heavy atom. The molecule has 8 heteroatoms. The summed E-state index contributed by atoms with van der Waals surface area (Å²) in [6, 6.07) is 24.4. The van der Waals surface area contributed by atoms with Gasteiger partial charge in [0.05, 0.1) is 11.6 Å². The number of aryl methyl sites for hydroxylation is 1. The number of benzene rings is 3. The summed E-state index contributed by atoms with van der Waals surface area (Å²) < 4.78 is 7.31. The molecule has 1 aromatic heterocycles. The molecule has 196 valence electrons. The Balaban J connectivity index is 1.45. The predicted molar refractivity (Wildman–Crippen MR) is 145 cm³/mol. The Morgan fingerprint density at radius 2 is 1.82 bits per heavy atom. The molecule has 0 saturated carbocycles. The van der Waals surface area contributed by atoms with Crippen LogP contribution in [0, 0.1) is 6.92 Å². The van der Waals surface area contributed by atoms with Crippen LogP contribution in [-0.4, -0.2) is 57.5 Å². The van der Waals surface area contributed by atoms with E-state index in [9.17, 15) is 9.59 Å². The molecule has 4 aromatic rings. The van der Waals surface area contributed by atoms with Crippen LogP contribution in [0.5, 0.6) is 0 Å². The molecular formula is C30H33N5O3. The Bertz CT molecular complexity index is 1380. The highest BCUT2D eigenvalue weighted by atomic mass is 16.5. The molecule has 5 rings (SSSR count). The van der Waals surface area contributed by atoms with Crippen molar-refractivity contribution in [3.8, 4) is 0 Å². The summed E-state index contributed by atoms with van der Waals surface area (Å²) in [5.41, 5.74) is 4.56. The van der Waals surface area contributed by atoms with E-state index in [4.69, 9.17) is 4.74 Å². The van der Waals surface area contributed by atoms with Gasteiger partial charge in [0.15, 0.2) is 0 Å². The summed E-state index contributed by atoms with van der Waals surface area (Å²) in [5, 5.41) is 11.5. The number of ether oxygens (including phenoxy) is 1. The summed E-state index contributed by atoms with van der Waals surface area (Å²) in [4.78, 5) is 29.4. The quantitative estimate of drug-likeness (QED) is 0.349. The molecule has 1 aliphatic rings. The van der Waals surface area contributed by atoms with Crippen LogP contribution in [0.15, 0.2) is 78.9 Å². The number of para-hydroxylation sites is 1. The molecule has 38 heavy (non-hydrogen) atoms. The standard InChI is InChI=1S/C30H33N5O3/c1-22-10-5-6-11-23(22)17-18-34(28(36)21-35-27-16-8-7-15-26(27)32-33-35)29(24-12-3-2-4-13-24)30(37)31-20-25-14-9-19-38-25/h2-8,10-13,15-16,25,29H,9,14,17-21H2,1H3,(H,31,37)/t25-,29-/m1/s1. The molecule has 1 fully saturated rings. The van der Waals surface area contributed by atoms with Crippen molar-refractivity contribution in [2.45, 2.75) is 44.9 Å². The fraction of sp³-hybridized carbons (Fsp3) is 0.333. The first-order valence-corrected chi connectivity index (χ1v) is 13.2. The minimum absolute atomic E-state index is 0.00741. The third-order valence-corrected chi connectivity index (χ3v) is 7.11. The van der Waals surface area contributed by atoms with E-state index < -0.39 is 6.04 Å². The number of carbonyl (C=O) groups is 2. The number of nitrogens with zero attached hydrogens (tertiary/aromatic N) is 4. The van der Waals surface area contributed by atoms with Crippen molar-refractivity contribution in [2.75, 3.05) is 19.7 Å². The lowest BCUT2D eigenvalue weighted by Crippen LogP contribution is -2.47. The summed E-state index contributed by atoms with van der Waals surface area (Å²) in [7, 11) is 0. The predicted octanol–water partition coefficient (Wildman–Crippen LogP) is 3.85.